The lowest BCUT2D eigenvalue weighted by molar-refractivity contribution is 0.600. The number of sulfone groups is 1. The zero-order valence-corrected chi connectivity index (χ0v) is 14.5. The molecule has 0 fully saturated rings. The van der Waals surface area contributed by atoms with E-state index in [0.717, 1.165) is 21.5 Å². The van der Waals surface area contributed by atoms with Crippen LogP contribution in [-0.2, 0) is 9.84 Å². The van der Waals surface area contributed by atoms with E-state index in [4.69, 9.17) is 0 Å². The molecule has 0 bridgehead atoms. The predicted molar refractivity (Wildman–Crippen MR) is 87.1 cm³/mol. The highest BCUT2D eigenvalue weighted by atomic mass is 79.9. The SMILES string of the molecule is CCNC(c1cccc(S(C)(=O)=O)c1)c1sccc1Br. The Balaban J connectivity index is 2.48. The van der Waals surface area contributed by atoms with Crippen LogP contribution in [0.1, 0.15) is 23.4 Å². The summed E-state index contributed by atoms with van der Waals surface area (Å²) in [5.41, 5.74) is 0.956. The molecule has 1 N–H and O–H groups in total. The third kappa shape index (κ3) is 3.49. The molecule has 20 heavy (non-hydrogen) atoms. The molecule has 1 atom stereocenters. The third-order valence-corrected chi connectivity index (χ3v) is 5.98. The Morgan fingerprint density at radius 3 is 2.65 bits per heavy atom. The minimum absolute atomic E-state index is 0.00363. The van der Waals surface area contributed by atoms with Crippen molar-refractivity contribution in [1.29, 1.82) is 0 Å². The monoisotopic (exact) mass is 373 g/mol. The van der Waals surface area contributed by atoms with Gasteiger partial charge in [0, 0.05) is 15.6 Å². The minimum atomic E-state index is -3.19. The summed E-state index contributed by atoms with van der Waals surface area (Å²) in [5, 5.41) is 5.42. The molecule has 0 amide bonds. The fraction of sp³-hybridized carbons (Fsp3) is 0.286. The van der Waals surface area contributed by atoms with E-state index in [2.05, 4.69) is 21.2 Å². The van der Waals surface area contributed by atoms with Gasteiger partial charge in [0.25, 0.3) is 0 Å². The van der Waals surface area contributed by atoms with Crippen LogP contribution in [0.5, 0.6) is 0 Å². The maximum absolute atomic E-state index is 11.7. The molecule has 1 unspecified atom stereocenters. The normalized spacial score (nSPS) is 13.3. The average Bonchev–Trinajstić information content (AvgIpc) is 2.81. The first-order valence-corrected chi connectivity index (χ1v) is 9.76. The molecule has 3 nitrogen and oxygen atoms in total. The van der Waals surface area contributed by atoms with E-state index < -0.39 is 9.84 Å². The molecule has 0 saturated heterocycles. The Hall–Kier alpha value is -0.690. The van der Waals surface area contributed by atoms with E-state index in [-0.39, 0.29) is 6.04 Å². The van der Waals surface area contributed by atoms with Crippen molar-refractivity contribution in [3.05, 3.63) is 50.6 Å². The summed E-state index contributed by atoms with van der Waals surface area (Å²) < 4.78 is 24.4. The van der Waals surface area contributed by atoms with E-state index in [1.807, 2.05) is 24.4 Å². The Morgan fingerprint density at radius 1 is 1.35 bits per heavy atom. The number of halogens is 1. The van der Waals surface area contributed by atoms with Crippen LogP contribution < -0.4 is 5.32 Å². The summed E-state index contributed by atoms with van der Waals surface area (Å²) in [7, 11) is -3.19. The smallest absolute Gasteiger partial charge is 0.175 e. The fourth-order valence-corrected chi connectivity index (χ4v) is 4.38. The zero-order valence-electron chi connectivity index (χ0n) is 11.3. The highest BCUT2D eigenvalue weighted by molar-refractivity contribution is 9.10. The standard InChI is InChI=1S/C14H16BrNO2S2/c1-3-16-13(14-12(15)7-8-19-14)10-5-4-6-11(9-10)20(2,17)18/h4-9,13,16H,3H2,1-2H3. The van der Waals surface area contributed by atoms with Gasteiger partial charge >= 0.3 is 0 Å². The summed E-state index contributed by atoms with van der Waals surface area (Å²) in [5.74, 6) is 0. The fourth-order valence-electron chi connectivity index (χ4n) is 2.00. The molecule has 1 aromatic heterocycles. The van der Waals surface area contributed by atoms with E-state index in [0.29, 0.717) is 4.90 Å². The molecule has 0 aliphatic rings. The molecule has 0 radical (unpaired) electrons. The molecule has 108 valence electrons. The quantitative estimate of drug-likeness (QED) is 0.870. The number of hydrogen-bond donors (Lipinski definition) is 1. The largest absolute Gasteiger partial charge is 0.306 e. The maximum Gasteiger partial charge on any atom is 0.175 e. The number of rotatable bonds is 5. The second-order valence-electron chi connectivity index (χ2n) is 4.47. The summed E-state index contributed by atoms with van der Waals surface area (Å²) >= 11 is 5.19. The van der Waals surface area contributed by atoms with Crippen LogP contribution in [0.4, 0.5) is 0 Å². The van der Waals surface area contributed by atoms with Crippen LogP contribution in [0, 0.1) is 0 Å². The second kappa shape index (κ2) is 6.39. The van der Waals surface area contributed by atoms with Crippen molar-refractivity contribution in [2.45, 2.75) is 17.9 Å². The summed E-state index contributed by atoms with van der Waals surface area (Å²) in [4.78, 5) is 1.50. The van der Waals surface area contributed by atoms with Gasteiger partial charge in [0.2, 0.25) is 0 Å². The lowest BCUT2D eigenvalue weighted by Gasteiger charge is -2.18. The summed E-state index contributed by atoms with van der Waals surface area (Å²) in [6.07, 6.45) is 1.23. The first kappa shape index (κ1) is 15.7. The van der Waals surface area contributed by atoms with Gasteiger partial charge in [0.1, 0.15) is 0 Å². The van der Waals surface area contributed by atoms with E-state index in [1.165, 1.54) is 6.26 Å². The van der Waals surface area contributed by atoms with Crippen molar-refractivity contribution in [3.63, 3.8) is 0 Å². The lowest BCUT2D eigenvalue weighted by Crippen LogP contribution is -2.21. The molecule has 0 aliphatic carbocycles. The third-order valence-electron chi connectivity index (χ3n) is 2.93. The van der Waals surface area contributed by atoms with Gasteiger partial charge in [-0.25, -0.2) is 8.42 Å². The predicted octanol–water partition coefficient (Wildman–Crippen LogP) is 3.61. The van der Waals surface area contributed by atoms with Crippen LogP contribution >= 0.6 is 27.3 Å². The van der Waals surface area contributed by atoms with Gasteiger partial charge in [0.15, 0.2) is 9.84 Å². The van der Waals surface area contributed by atoms with Crippen molar-refractivity contribution in [2.24, 2.45) is 0 Å². The van der Waals surface area contributed by atoms with Crippen molar-refractivity contribution in [1.82, 2.24) is 5.32 Å². The molecule has 2 rings (SSSR count). The van der Waals surface area contributed by atoms with Crippen LogP contribution in [-0.4, -0.2) is 21.2 Å². The molecule has 1 heterocycles. The van der Waals surface area contributed by atoms with Crippen molar-refractivity contribution in [3.8, 4) is 0 Å². The Morgan fingerprint density at radius 2 is 2.10 bits per heavy atom. The Bertz CT molecular complexity index is 695. The molecular weight excluding hydrogens is 358 g/mol. The van der Waals surface area contributed by atoms with Crippen LogP contribution in [0.25, 0.3) is 0 Å². The molecule has 1 aromatic carbocycles. The van der Waals surface area contributed by atoms with Crippen molar-refractivity contribution < 1.29 is 8.42 Å². The number of benzene rings is 1. The topological polar surface area (TPSA) is 46.2 Å². The van der Waals surface area contributed by atoms with E-state index >= 15 is 0 Å². The van der Waals surface area contributed by atoms with Gasteiger partial charge in [0.05, 0.1) is 10.9 Å². The first-order chi connectivity index (χ1) is 9.43. The van der Waals surface area contributed by atoms with Crippen LogP contribution in [0.15, 0.2) is 45.1 Å². The van der Waals surface area contributed by atoms with Crippen LogP contribution in [0.3, 0.4) is 0 Å². The van der Waals surface area contributed by atoms with Gasteiger partial charge in [-0.2, -0.15) is 0 Å². The molecule has 0 spiro atoms. The Labute approximate surface area is 132 Å². The van der Waals surface area contributed by atoms with Crippen molar-refractivity contribution in [2.75, 3.05) is 12.8 Å². The second-order valence-corrected chi connectivity index (χ2v) is 8.29. The van der Waals surface area contributed by atoms with E-state index in [9.17, 15) is 8.42 Å². The minimum Gasteiger partial charge on any atom is -0.306 e. The molecule has 2 aromatic rings. The molecular formula is C14H16BrNO2S2. The molecule has 0 saturated carbocycles. The van der Waals surface area contributed by atoms with Crippen molar-refractivity contribution >= 4 is 37.1 Å². The van der Waals surface area contributed by atoms with Gasteiger partial charge in [-0.1, -0.05) is 19.1 Å². The summed E-state index contributed by atoms with van der Waals surface area (Å²) in [6.45, 7) is 2.84. The number of thiophene rings is 1. The molecule has 0 aliphatic heterocycles. The molecule has 6 heteroatoms. The highest BCUT2D eigenvalue weighted by Gasteiger charge is 2.19. The van der Waals surface area contributed by atoms with Gasteiger partial charge < -0.3 is 5.32 Å². The summed E-state index contributed by atoms with van der Waals surface area (Å²) in [6, 6.07) is 9.12. The maximum atomic E-state index is 11.7. The highest BCUT2D eigenvalue weighted by Crippen LogP contribution is 2.33. The zero-order chi connectivity index (χ0) is 14.8. The number of hydrogen-bond acceptors (Lipinski definition) is 4. The Kier molecular flexibility index (Phi) is 5.01. The van der Waals surface area contributed by atoms with Gasteiger partial charge in [-0.05, 0) is 51.6 Å². The van der Waals surface area contributed by atoms with Crippen LogP contribution in [0.2, 0.25) is 0 Å². The average molecular weight is 374 g/mol. The van der Waals surface area contributed by atoms with E-state index in [1.54, 1.807) is 29.5 Å². The number of nitrogens with one attached hydrogen (secondary N) is 1. The van der Waals surface area contributed by atoms with Gasteiger partial charge in [-0.15, -0.1) is 11.3 Å². The van der Waals surface area contributed by atoms with Gasteiger partial charge in [-0.3, -0.25) is 0 Å². The first-order valence-electron chi connectivity index (χ1n) is 6.19. The lowest BCUT2D eigenvalue weighted by atomic mass is 10.1.